The van der Waals surface area contributed by atoms with E-state index in [9.17, 15) is 0 Å². The second-order valence-corrected chi connectivity index (χ2v) is 3.38. The highest BCUT2D eigenvalue weighted by atomic mass is 35.5. The molecule has 1 rings (SSSR count). The van der Waals surface area contributed by atoms with Crippen molar-refractivity contribution in [2.24, 2.45) is 0 Å². The third kappa shape index (κ3) is 2.42. The summed E-state index contributed by atoms with van der Waals surface area (Å²) in [5.74, 6) is 0.752. The van der Waals surface area contributed by atoms with Crippen LogP contribution in [0.1, 0.15) is 5.56 Å². The Bertz CT molecular complexity index is 336. The van der Waals surface area contributed by atoms with Crippen LogP contribution in [-0.4, -0.2) is 13.7 Å². The van der Waals surface area contributed by atoms with E-state index < -0.39 is 0 Å². The van der Waals surface area contributed by atoms with E-state index in [1.807, 2.05) is 19.1 Å². The van der Waals surface area contributed by atoms with Gasteiger partial charge in [-0.2, -0.15) is 0 Å². The van der Waals surface area contributed by atoms with Gasteiger partial charge in [-0.25, -0.2) is 0 Å². The first-order chi connectivity index (χ1) is 6.69. The third-order valence-corrected chi connectivity index (χ3v) is 2.32. The Morgan fingerprint density at radius 2 is 2.29 bits per heavy atom. The van der Waals surface area contributed by atoms with Gasteiger partial charge >= 0.3 is 0 Å². The lowest BCUT2D eigenvalue weighted by atomic mass is 10.2. The highest BCUT2D eigenvalue weighted by Crippen LogP contribution is 2.30. The molecular weight excluding hydrogens is 198 g/mol. The molecule has 0 heterocycles. The maximum absolute atomic E-state index is 5.97. The maximum Gasteiger partial charge on any atom is 0.143 e. The van der Waals surface area contributed by atoms with Gasteiger partial charge in [0.15, 0.2) is 0 Å². The molecule has 14 heavy (non-hydrogen) atoms. The van der Waals surface area contributed by atoms with E-state index in [-0.39, 0.29) is 0 Å². The van der Waals surface area contributed by atoms with Crippen molar-refractivity contribution in [2.75, 3.05) is 19.0 Å². The van der Waals surface area contributed by atoms with Crippen molar-refractivity contribution in [3.63, 3.8) is 0 Å². The quantitative estimate of drug-likeness (QED) is 0.772. The number of halogens is 1. The summed E-state index contributed by atoms with van der Waals surface area (Å²) in [7, 11) is 1.63. The molecule has 0 aromatic heterocycles. The molecule has 0 spiro atoms. The van der Waals surface area contributed by atoms with Crippen LogP contribution in [0, 0.1) is 6.92 Å². The van der Waals surface area contributed by atoms with Crippen molar-refractivity contribution < 1.29 is 4.74 Å². The Balaban J connectivity index is 3.00. The molecular formula is C11H14ClNO. The minimum Gasteiger partial charge on any atom is -0.495 e. The van der Waals surface area contributed by atoms with Crippen LogP contribution < -0.4 is 10.1 Å². The fraction of sp³-hybridized carbons (Fsp3) is 0.273. The number of ether oxygens (including phenoxy) is 1. The zero-order valence-corrected chi connectivity index (χ0v) is 9.19. The summed E-state index contributed by atoms with van der Waals surface area (Å²) in [6.07, 6.45) is 1.80. The van der Waals surface area contributed by atoms with Gasteiger partial charge in [0.05, 0.1) is 12.8 Å². The van der Waals surface area contributed by atoms with E-state index in [1.54, 1.807) is 13.2 Å². The van der Waals surface area contributed by atoms with Crippen molar-refractivity contribution in [3.8, 4) is 5.75 Å². The highest BCUT2D eigenvalue weighted by Gasteiger charge is 2.05. The summed E-state index contributed by atoms with van der Waals surface area (Å²) in [5.41, 5.74) is 1.97. The second-order valence-electron chi connectivity index (χ2n) is 2.97. The minimum absolute atomic E-state index is 0.706. The van der Waals surface area contributed by atoms with Gasteiger partial charge in [-0.05, 0) is 18.6 Å². The number of benzene rings is 1. The van der Waals surface area contributed by atoms with Crippen LogP contribution in [0.3, 0.4) is 0 Å². The van der Waals surface area contributed by atoms with Crippen molar-refractivity contribution in [2.45, 2.75) is 6.92 Å². The largest absolute Gasteiger partial charge is 0.495 e. The lowest BCUT2D eigenvalue weighted by Gasteiger charge is -2.11. The molecule has 3 heteroatoms. The molecule has 1 N–H and O–H groups in total. The topological polar surface area (TPSA) is 21.3 Å². The number of nitrogens with one attached hydrogen (secondary N) is 1. The van der Waals surface area contributed by atoms with Gasteiger partial charge in [-0.15, -0.1) is 6.58 Å². The molecule has 1 aromatic carbocycles. The molecule has 1 aromatic rings. The second kappa shape index (κ2) is 4.91. The Hall–Kier alpha value is -1.15. The lowest BCUT2D eigenvalue weighted by molar-refractivity contribution is 0.416. The van der Waals surface area contributed by atoms with Crippen LogP contribution in [-0.2, 0) is 0 Å². The fourth-order valence-corrected chi connectivity index (χ4v) is 1.31. The summed E-state index contributed by atoms with van der Waals surface area (Å²) in [6, 6.07) is 3.77. The highest BCUT2D eigenvalue weighted by molar-refractivity contribution is 6.31. The summed E-state index contributed by atoms with van der Waals surface area (Å²) in [4.78, 5) is 0. The van der Waals surface area contributed by atoms with Crippen LogP contribution in [0.4, 0.5) is 5.69 Å². The van der Waals surface area contributed by atoms with Gasteiger partial charge in [0.2, 0.25) is 0 Å². The predicted molar refractivity (Wildman–Crippen MR) is 61.4 cm³/mol. The van der Waals surface area contributed by atoms with Crippen LogP contribution >= 0.6 is 11.6 Å². The number of aryl methyl sites for hydroxylation is 1. The molecule has 0 aliphatic carbocycles. The monoisotopic (exact) mass is 211 g/mol. The third-order valence-electron chi connectivity index (χ3n) is 1.92. The molecule has 0 amide bonds. The zero-order chi connectivity index (χ0) is 10.6. The Morgan fingerprint density at radius 1 is 1.57 bits per heavy atom. The average Bonchev–Trinajstić information content (AvgIpc) is 2.19. The lowest BCUT2D eigenvalue weighted by Crippen LogP contribution is -2.00. The fourth-order valence-electron chi connectivity index (χ4n) is 1.15. The first kappa shape index (κ1) is 10.9. The van der Waals surface area contributed by atoms with E-state index in [0.29, 0.717) is 11.6 Å². The van der Waals surface area contributed by atoms with Crippen molar-refractivity contribution >= 4 is 17.3 Å². The normalized spacial score (nSPS) is 9.64. The van der Waals surface area contributed by atoms with E-state index in [2.05, 4.69) is 11.9 Å². The van der Waals surface area contributed by atoms with Gasteiger partial charge in [-0.3, -0.25) is 0 Å². The van der Waals surface area contributed by atoms with E-state index >= 15 is 0 Å². The van der Waals surface area contributed by atoms with Gasteiger partial charge in [0.1, 0.15) is 5.75 Å². The average molecular weight is 212 g/mol. The van der Waals surface area contributed by atoms with Crippen LogP contribution in [0.15, 0.2) is 24.8 Å². The molecule has 76 valence electrons. The van der Waals surface area contributed by atoms with Crippen molar-refractivity contribution in [1.29, 1.82) is 0 Å². The Kier molecular flexibility index (Phi) is 3.84. The molecule has 0 saturated carbocycles. The van der Waals surface area contributed by atoms with Gasteiger partial charge in [0.25, 0.3) is 0 Å². The predicted octanol–water partition coefficient (Wildman–Crippen LogP) is 3.25. The van der Waals surface area contributed by atoms with E-state index in [0.717, 1.165) is 17.0 Å². The van der Waals surface area contributed by atoms with E-state index in [4.69, 9.17) is 16.3 Å². The minimum atomic E-state index is 0.706. The number of methoxy groups -OCH3 is 1. The number of hydrogen-bond acceptors (Lipinski definition) is 2. The molecule has 0 aliphatic rings. The molecule has 0 unspecified atom stereocenters. The van der Waals surface area contributed by atoms with Crippen molar-refractivity contribution in [3.05, 3.63) is 35.4 Å². The number of anilines is 1. The van der Waals surface area contributed by atoms with Gasteiger partial charge in [0, 0.05) is 17.6 Å². The first-order valence-electron chi connectivity index (χ1n) is 4.38. The number of hydrogen-bond donors (Lipinski definition) is 1. The summed E-state index contributed by atoms with van der Waals surface area (Å²) in [6.45, 7) is 6.31. The molecule has 0 aliphatic heterocycles. The summed E-state index contributed by atoms with van der Waals surface area (Å²) < 4.78 is 5.20. The molecule has 2 nitrogen and oxygen atoms in total. The van der Waals surface area contributed by atoms with Crippen LogP contribution in [0.5, 0.6) is 5.75 Å². The first-order valence-corrected chi connectivity index (χ1v) is 4.75. The van der Waals surface area contributed by atoms with Gasteiger partial charge in [-0.1, -0.05) is 17.7 Å². The summed E-state index contributed by atoms with van der Waals surface area (Å²) in [5, 5.41) is 3.89. The molecule has 0 radical (unpaired) electrons. The smallest absolute Gasteiger partial charge is 0.143 e. The SMILES string of the molecule is C=CCNc1cc(C)c(Cl)cc1OC. The molecule has 0 atom stereocenters. The maximum atomic E-state index is 5.97. The summed E-state index contributed by atoms with van der Waals surface area (Å²) >= 11 is 5.97. The van der Waals surface area contributed by atoms with Crippen molar-refractivity contribution in [1.82, 2.24) is 0 Å². The standard InChI is InChI=1S/C11H14ClNO/c1-4-5-13-10-6-8(2)9(12)7-11(10)14-3/h4,6-7,13H,1,5H2,2-3H3. The van der Waals surface area contributed by atoms with Crippen LogP contribution in [0.25, 0.3) is 0 Å². The Morgan fingerprint density at radius 3 is 2.86 bits per heavy atom. The van der Waals surface area contributed by atoms with E-state index in [1.165, 1.54) is 0 Å². The zero-order valence-electron chi connectivity index (χ0n) is 8.43. The van der Waals surface area contributed by atoms with Crippen LogP contribution in [0.2, 0.25) is 5.02 Å². The van der Waals surface area contributed by atoms with Gasteiger partial charge < -0.3 is 10.1 Å². The number of rotatable bonds is 4. The molecule has 0 fully saturated rings. The Labute approximate surface area is 89.5 Å². The molecule has 0 saturated heterocycles. The molecule has 0 bridgehead atoms.